The van der Waals surface area contributed by atoms with Gasteiger partial charge >= 0.3 is 5.97 Å². The van der Waals surface area contributed by atoms with Crippen LogP contribution in [-0.4, -0.2) is 28.0 Å². The normalized spacial score (nSPS) is 13.9. The highest BCUT2D eigenvalue weighted by molar-refractivity contribution is 7.09. The summed E-state index contributed by atoms with van der Waals surface area (Å²) in [5, 5.41) is 13.6. The molecule has 0 saturated carbocycles. The van der Waals surface area contributed by atoms with Crippen molar-refractivity contribution in [2.24, 2.45) is 5.73 Å². The molecule has 6 nitrogen and oxygen atoms in total. The van der Waals surface area contributed by atoms with E-state index in [9.17, 15) is 9.59 Å². The minimum absolute atomic E-state index is 0.217. The van der Waals surface area contributed by atoms with Crippen LogP contribution in [0.4, 0.5) is 0 Å². The predicted molar refractivity (Wildman–Crippen MR) is 68.5 cm³/mol. The van der Waals surface area contributed by atoms with E-state index in [0.717, 1.165) is 0 Å². The third kappa shape index (κ3) is 3.78. The average molecular weight is 271 g/mol. The van der Waals surface area contributed by atoms with E-state index >= 15 is 0 Å². The lowest BCUT2D eigenvalue weighted by molar-refractivity contribution is -0.139. The molecule has 0 aromatic carbocycles. The number of aromatic nitrogens is 1. The molecule has 18 heavy (non-hydrogen) atoms. The van der Waals surface area contributed by atoms with Crippen molar-refractivity contribution in [1.29, 1.82) is 0 Å². The highest BCUT2D eigenvalue weighted by Gasteiger charge is 2.21. The van der Waals surface area contributed by atoms with Crippen LogP contribution >= 0.6 is 11.3 Å². The van der Waals surface area contributed by atoms with Crippen LogP contribution in [0.1, 0.15) is 48.2 Å². The maximum atomic E-state index is 11.8. The van der Waals surface area contributed by atoms with Gasteiger partial charge in [0.15, 0.2) is 0 Å². The average Bonchev–Trinajstić information content (AvgIpc) is 2.77. The largest absolute Gasteiger partial charge is 0.480 e. The summed E-state index contributed by atoms with van der Waals surface area (Å²) in [7, 11) is 0. The van der Waals surface area contributed by atoms with Crippen LogP contribution in [0.3, 0.4) is 0 Å². The summed E-state index contributed by atoms with van der Waals surface area (Å²) < 4.78 is 0. The quantitative estimate of drug-likeness (QED) is 0.719. The van der Waals surface area contributed by atoms with Crippen molar-refractivity contribution in [1.82, 2.24) is 10.3 Å². The summed E-state index contributed by atoms with van der Waals surface area (Å²) in [6, 6.07) is -1.11. The first-order valence-corrected chi connectivity index (χ1v) is 6.58. The zero-order valence-electron chi connectivity index (χ0n) is 10.3. The topological polar surface area (TPSA) is 105 Å². The van der Waals surface area contributed by atoms with Gasteiger partial charge in [-0.1, -0.05) is 13.3 Å². The van der Waals surface area contributed by atoms with Crippen LogP contribution < -0.4 is 11.1 Å². The Morgan fingerprint density at radius 2 is 2.28 bits per heavy atom. The third-order valence-corrected chi connectivity index (χ3v) is 3.37. The Morgan fingerprint density at radius 3 is 2.72 bits per heavy atom. The Kier molecular flexibility index (Phi) is 5.24. The van der Waals surface area contributed by atoms with Gasteiger partial charge in [0.05, 0.1) is 6.04 Å². The Balaban J connectivity index is 2.71. The Labute approximate surface area is 109 Å². The van der Waals surface area contributed by atoms with Gasteiger partial charge < -0.3 is 16.2 Å². The predicted octanol–water partition coefficient (Wildman–Crippen LogP) is 1.15. The molecule has 2 unspecified atom stereocenters. The van der Waals surface area contributed by atoms with Crippen molar-refractivity contribution in [2.75, 3.05) is 0 Å². The molecular formula is C11H17N3O3S. The molecule has 2 atom stereocenters. The van der Waals surface area contributed by atoms with E-state index in [-0.39, 0.29) is 11.7 Å². The van der Waals surface area contributed by atoms with Gasteiger partial charge in [0.2, 0.25) is 0 Å². The van der Waals surface area contributed by atoms with Crippen LogP contribution in [-0.2, 0) is 4.79 Å². The monoisotopic (exact) mass is 271 g/mol. The maximum Gasteiger partial charge on any atom is 0.326 e. The fraction of sp³-hybridized carbons (Fsp3) is 0.545. The Bertz CT molecular complexity index is 431. The van der Waals surface area contributed by atoms with Gasteiger partial charge in [-0.15, -0.1) is 11.3 Å². The van der Waals surface area contributed by atoms with Gasteiger partial charge in [-0.25, -0.2) is 9.78 Å². The number of rotatable bonds is 6. The zero-order chi connectivity index (χ0) is 13.7. The van der Waals surface area contributed by atoms with Gasteiger partial charge in [-0.3, -0.25) is 4.79 Å². The fourth-order valence-electron chi connectivity index (χ4n) is 1.38. The summed E-state index contributed by atoms with van der Waals surface area (Å²) >= 11 is 1.29. The summed E-state index contributed by atoms with van der Waals surface area (Å²) in [6.45, 7) is 3.64. The molecular weight excluding hydrogens is 254 g/mol. The fourth-order valence-corrected chi connectivity index (χ4v) is 2.14. The number of amides is 1. The minimum atomic E-state index is -1.03. The molecule has 0 spiro atoms. The molecule has 1 rings (SSSR count). The van der Waals surface area contributed by atoms with Gasteiger partial charge in [-0.2, -0.15) is 0 Å². The lowest BCUT2D eigenvalue weighted by atomic mass is 10.1. The number of carbonyl (C=O) groups is 2. The second-order valence-corrected chi connectivity index (χ2v) is 4.90. The molecule has 0 saturated heterocycles. The SMILES string of the molecule is CCCC(NC(=O)c1csc(C(C)N)n1)C(=O)O. The van der Waals surface area contributed by atoms with Crippen LogP contribution in [0.2, 0.25) is 0 Å². The zero-order valence-corrected chi connectivity index (χ0v) is 11.2. The molecule has 1 heterocycles. The van der Waals surface area contributed by atoms with Crippen LogP contribution in [0, 0.1) is 0 Å². The Morgan fingerprint density at radius 1 is 1.61 bits per heavy atom. The number of carboxylic acids is 1. The molecule has 0 bridgehead atoms. The van der Waals surface area contributed by atoms with Crippen molar-refractivity contribution in [3.8, 4) is 0 Å². The number of nitrogens with zero attached hydrogens (tertiary/aromatic N) is 1. The smallest absolute Gasteiger partial charge is 0.326 e. The molecule has 1 aromatic rings. The second-order valence-electron chi connectivity index (χ2n) is 4.01. The lowest BCUT2D eigenvalue weighted by Crippen LogP contribution is -2.40. The summed E-state index contributed by atoms with van der Waals surface area (Å²) in [5.74, 6) is -1.51. The van der Waals surface area contributed by atoms with E-state index in [4.69, 9.17) is 10.8 Å². The highest BCUT2D eigenvalue weighted by atomic mass is 32.1. The number of carboxylic acid groups (broad SMARTS) is 1. The van der Waals surface area contributed by atoms with E-state index in [1.807, 2.05) is 6.92 Å². The standard InChI is InChI=1S/C11H17N3O3S/c1-3-4-7(11(16)17)13-9(15)8-5-18-10(14-8)6(2)12/h5-7H,3-4,12H2,1-2H3,(H,13,15)(H,16,17). The molecule has 1 amide bonds. The Hall–Kier alpha value is -1.47. The molecule has 4 N–H and O–H groups in total. The molecule has 0 fully saturated rings. The van der Waals surface area contributed by atoms with Crippen LogP contribution in [0.15, 0.2) is 5.38 Å². The van der Waals surface area contributed by atoms with Crippen molar-refractivity contribution in [2.45, 2.75) is 38.8 Å². The van der Waals surface area contributed by atoms with Crippen molar-refractivity contribution < 1.29 is 14.7 Å². The highest BCUT2D eigenvalue weighted by Crippen LogP contribution is 2.15. The van der Waals surface area contributed by atoms with E-state index in [2.05, 4.69) is 10.3 Å². The number of thiazole rings is 1. The van der Waals surface area contributed by atoms with Crippen molar-refractivity contribution in [3.05, 3.63) is 16.1 Å². The first-order valence-electron chi connectivity index (χ1n) is 5.70. The summed E-state index contributed by atoms with van der Waals surface area (Å²) in [4.78, 5) is 26.8. The van der Waals surface area contributed by atoms with Gasteiger partial charge in [0.25, 0.3) is 5.91 Å². The molecule has 0 aliphatic rings. The molecule has 0 aliphatic heterocycles. The summed E-state index contributed by atoms with van der Waals surface area (Å²) in [5.41, 5.74) is 5.86. The number of aliphatic carboxylic acids is 1. The molecule has 100 valence electrons. The van der Waals surface area contributed by atoms with E-state index in [0.29, 0.717) is 17.8 Å². The van der Waals surface area contributed by atoms with Crippen molar-refractivity contribution >= 4 is 23.2 Å². The maximum absolute atomic E-state index is 11.8. The number of hydrogen-bond acceptors (Lipinski definition) is 5. The number of nitrogens with two attached hydrogens (primary N) is 1. The van der Waals surface area contributed by atoms with Crippen LogP contribution in [0.5, 0.6) is 0 Å². The molecule has 0 radical (unpaired) electrons. The lowest BCUT2D eigenvalue weighted by Gasteiger charge is -2.12. The first kappa shape index (κ1) is 14.6. The van der Waals surface area contributed by atoms with Gasteiger partial charge in [0.1, 0.15) is 16.7 Å². The van der Waals surface area contributed by atoms with E-state index in [1.165, 1.54) is 11.3 Å². The van der Waals surface area contributed by atoms with E-state index in [1.54, 1.807) is 12.3 Å². The number of carbonyl (C=O) groups excluding carboxylic acids is 1. The van der Waals surface area contributed by atoms with Gasteiger partial charge in [-0.05, 0) is 13.3 Å². The molecule has 7 heteroatoms. The van der Waals surface area contributed by atoms with E-state index < -0.39 is 17.9 Å². The van der Waals surface area contributed by atoms with Gasteiger partial charge in [0, 0.05) is 5.38 Å². The molecule has 0 aliphatic carbocycles. The molecule has 1 aromatic heterocycles. The first-order chi connectivity index (χ1) is 8.45. The second kappa shape index (κ2) is 6.46. The minimum Gasteiger partial charge on any atom is -0.480 e. The summed E-state index contributed by atoms with van der Waals surface area (Å²) in [6.07, 6.45) is 1.07. The van der Waals surface area contributed by atoms with Crippen molar-refractivity contribution in [3.63, 3.8) is 0 Å². The number of nitrogens with one attached hydrogen (secondary N) is 1. The number of hydrogen-bond donors (Lipinski definition) is 3. The van der Waals surface area contributed by atoms with Crippen LogP contribution in [0.25, 0.3) is 0 Å². The third-order valence-electron chi connectivity index (χ3n) is 2.32.